The Morgan fingerprint density at radius 1 is 1.60 bits per heavy atom. The van der Waals surface area contributed by atoms with Crippen molar-refractivity contribution < 1.29 is 9.53 Å². The Kier molecular flexibility index (Phi) is 5.02. The Morgan fingerprint density at radius 2 is 2.40 bits per heavy atom. The fraction of sp³-hybridized carbons (Fsp3) is 0.400. The van der Waals surface area contributed by atoms with Crippen molar-refractivity contribution in [2.24, 2.45) is 11.7 Å². The first-order valence-electron chi connectivity index (χ1n) is 6.51. The van der Waals surface area contributed by atoms with Crippen LogP contribution in [-0.4, -0.2) is 25.2 Å². The van der Waals surface area contributed by atoms with Gasteiger partial charge in [0.2, 0.25) is 5.91 Å². The van der Waals surface area contributed by atoms with Crippen LogP contribution in [0.4, 0.5) is 5.69 Å². The number of nitrogens with two attached hydrogens (primary N) is 1. The minimum Gasteiger partial charge on any atom is -0.378 e. The number of nitrogens with one attached hydrogen (secondary N) is 1. The maximum atomic E-state index is 12.1. The molecule has 1 heterocycles. The molecular formula is C15H17ClN2O2. The summed E-state index contributed by atoms with van der Waals surface area (Å²) >= 11 is 6.09. The van der Waals surface area contributed by atoms with Crippen molar-refractivity contribution in [2.75, 3.05) is 18.5 Å². The number of anilines is 1. The Hall–Kier alpha value is -1.54. The molecule has 0 radical (unpaired) electrons. The number of carbonyl (C=O) groups excluding carboxylic acids is 1. The average molecular weight is 293 g/mol. The molecule has 2 unspecified atom stereocenters. The van der Waals surface area contributed by atoms with Crippen molar-refractivity contribution in [1.82, 2.24) is 0 Å². The van der Waals surface area contributed by atoms with E-state index in [9.17, 15) is 4.79 Å². The summed E-state index contributed by atoms with van der Waals surface area (Å²) < 4.78 is 5.40. The fourth-order valence-electron chi connectivity index (χ4n) is 2.09. The molecule has 1 amide bonds. The number of hydrogen-bond donors (Lipinski definition) is 2. The molecule has 1 fully saturated rings. The quantitative estimate of drug-likeness (QED) is 0.820. The second-order valence-corrected chi connectivity index (χ2v) is 5.17. The van der Waals surface area contributed by atoms with Gasteiger partial charge in [0.05, 0.1) is 35.9 Å². The van der Waals surface area contributed by atoms with Gasteiger partial charge >= 0.3 is 0 Å². The Morgan fingerprint density at radius 3 is 3.05 bits per heavy atom. The predicted octanol–water partition coefficient (Wildman–Crippen LogP) is 2.01. The number of ether oxygens (including phenoxy) is 1. The number of rotatable bonds is 2. The highest BCUT2D eigenvalue weighted by Gasteiger charge is 2.28. The predicted molar refractivity (Wildman–Crippen MR) is 79.5 cm³/mol. The summed E-state index contributed by atoms with van der Waals surface area (Å²) in [5, 5.41) is 3.33. The third-order valence-corrected chi connectivity index (χ3v) is 3.46. The normalized spacial score (nSPS) is 21.1. The summed E-state index contributed by atoms with van der Waals surface area (Å²) in [6.07, 6.45) is 0.860. The Bertz CT molecular complexity index is 563. The highest BCUT2D eigenvalue weighted by atomic mass is 35.5. The van der Waals surface area contributed by atoms with Gasteiger partial charge in [-0.15, -0.1) is 0 Å². The third-order valence-electron chi connectivity index (χ3n) is 3.13. The van der Waals surface area contributed by atoms with Gasteiger partial charge in [-0.1, -0.05) is 23.4 Å². The van der Waals surface area contributed by atoms with E-state index in [-0.39, 0.29) is 17.9 Å². The van der Waals surface area contributed by atoms with E-state index < -0.39 is 0 Å². The topological polar surface area (TPSA) is 64.4 Å². The van der Waals surface area contributed by atoms with E-state index >= 15 is 0 Å². The van der Waals surface area contributed by atoms with Crippen molar-refractivity contribution in [2.45, 2.75) is 19.4 Å². The molecule has 0 spiro atoms. The van der Waals surface area contributed by atoms with Gasteiger partial charge in [-0.3, -0.25) is 4.79 Å². The van der Waals surface area contributed by atoms with E-state index in [1.807, 2.05) is 6.92 Å². The zero-order valence-electron chi connectivity index (χ0n) is 11.3. The lowest BCUT2D eigenvalue weighted by Gasteiger charge is -2.11. The lowest BCUT2D eigenvalue weighted by Crippen LogP contribution is -2.23. The van der Waals surface area contributed by atoms with Crippen LogP contribution in [-0.2, 0) is 9.53 Å². The van der Waals surface area contributed by atoms with Crippen LogP contribution in [0.2, 0.25) is 5.02 Å². The lowest BCUT2D eigenvalue weighted by molar-refractivity contribution is -0.119. The van der Waals surface area contributed by atoms with E-state index in [0.717, 1.165) is 12.0 Å². The van der Waals surface area contributed by atoms with Gasteiger partial charge in [-0.25, -0.2) is 0 Å². The van der Waals surface area contributed by atoms with Crippen LogP contribution in [0.15, 0.2) is 18.2 Å². The van der Waals surface area contributed by atoms with Gasteiger partial charge in [-0.05, 0) is 31.5 Å². The molecule has 106 valence electrons. The molecule has 0 aliphatic carbocycles. The highest BCUT2D eigenvalue weighted by molar-refractivity contribution is 6.33. The summed E-state index contributed by atoms with van der Waals surface area (Å²) in [5.41, 5.74) is 6.68. The number of benzene rings is 1. The molecule has 1 saturated heterocycles. The zero-order chi connectivity index (χ0) is 14.5. The number of carbonyl (C=O) groups is 1. The third kappa shape index (κ3) is 3.73. The van der Waals surface area contributed by atoms with Gasteiger partial charge in [0.15, 0.2) is 0 Å². The van der Waals surface area contributed by atoms with E-state index in [1.165, 1.54) is 0 Å². The van der Waals surface area contributed by atoms with Gasteiger partial charge in [0.1, 0.15) is 0 Å². The van der Waals surface area contributed by atoms with E-state index in [0.29, 0.717) is 23.9 Å². The van der Waals surface area contributed by atoms with Gasteiger partial charge < -0.3 is 15.8 Å². The molecule has 1 aromatic rings. The first-order valence-corrected chi connectivity index (χ1v) is 6.89. The largest absolute Gasteiger partial charge is 0.378 e. The van der Waals surface area contributed by atoms with Gasteiger partial charge in [0.25, 0.3) is 0 Å². The van der Waals surface area contributed by atoms with Crippen LogP contribution in [0.5, 0.6) is 0 Å². The van der Waals surface area contributed by atoms with Crippen molar-refractivity contribution in [3.63, 3.8) is 0 Å². The maximum absolute atomic E-state index is 12.1. The van der Waals surface area contributed by atoms with Gasteiger partial charge in [-0.2, -0.15) is 0 Å². The molecule has 20 heavy (non-hydrogen) atoms. The SMILES string of the molecule is CC1CC(C(=O)Nc2cc(C#CCN)ccc2Cl)CO1. The van der Waals surface area contributed by atoms with Crippen molar-refractivity contribution in [3.8, 4) is 11.8 Å². The standard InChI is InChI=1S/C15H17ClN2O2/c1-10-7-12(9-20-10)15(19)18-14-8-11(3-2-6-17)4-5-13(14)16/h4-5,8,10,12H,6-7,9,17H2,1H3,(H,18,19). The molecule has 1 aliphatic heterocycles. The number of halogens is 1. The van der Waals surface area contributed by atoms with Crippen molar-refractivity contribution in [3.05, 3.63) is 28.8 Å². The van der Waals surface area contributed by atoms with Crippen LogP contribution in [0.1, 0.15) is 18.9 Å². The molecule has 4 nitrogen and oxygen atoms in total. The van der Waals surface area contributed by atoms with Crippen LogP contribution < -0.4 is 11.1 Å². The summed E-state index contributed by atoms with van der Waals surface area (Å²) in [6.45, 7) is 2.71. The highest BCUT2D eigenvalue weighted by Crippen LogP contribution is 2.25. The van der Waals surface area contributed by atoms with Crippen LogP contribution in [0.25, 0.3) is 0 Å². The van der Waals surface area contributed by atoms with E-state index in [2.05, 4.69) is 17.2 Å². The minimum absolute atomic E-state index is 0.0693. The van der Waals surface area contributed by atoms with Crippen LogP contribution in [0.3, 0.4) is 0 Å². The molecule has 1 aliphatic rings. The molecule has 3 N–H and O–H groups in total. The molecule has 1 aromatic carbocycles. The molecule has 5 heteroatoms. The zero-order valence-corrected chi connectivity index (χ0v) is 12.0. The average Bonchev–Trinajstić information content (AvgIpc) is 2.86. The van der Waals surface area contributed by atoms with Crippen molar-refractivity contribution >= 4 is 23.2 Å². The second kappa shape index (κ2) is 6.76. The van der Waals surface area contributed by atoms with Crippen molar-refractivity contribution in [1.29, 1.82) is 0 Å². The molecule has 0 bridgehead atoms. The molecular weight excluding hydrogens is 276 g/mol. The molecule has 2 atom stereocenters. The maximum Gasteiger partial charge on any atom is 0.229 e. The first-order chi connectivity index (χ1) is 9.60. The molecule has 0 saturated carbocycles. The Balaban J connectivity index is 2.10. The lowest BCUT2D eigenvalue weighted by atomic mass is 10.1. The summed E-state index contributed by atoms with van der Waals surface area (Å²) in [6, 6.07) is 5.26. The summed E-state index contributed by atoms with van der Waals surface area (Å²) in [7, 11) is 0. The summed E-state index contributed by atoms with van der Waals surface area (Å²) in [4.78, 5) is 12.1. The van der Waals surface area contributed by atoms with Gasteiger partial charge in [0, 0.05) is 5.56 Å². The van der Waals surface area contributed by atoms with E-state index in [1.54, 1.807) is 18.2 Å². The minimum atomic E-state index is -0.125. The first kappa shape index (κ1) is 14.9. The smallest absolute Gasteiger partial charge is 0.229 e. The molecule has 0 aromatic heterocycles. The molecule has 2 rings (SSSR count). The van der Waals surface area contributed by atoms with Crippen LogP contribution in [0, 0.1) is 17.8 Å². The van der Waals surface area contributed by atoms with E-state index in [4.69, 9.17) is 22.1 Å². The summed E-state index contributed by atoms with van der Waals surface area (Å²) in [5.74, 6) is 5.49. The number of hydrogen-bond acceptors (Lipinski definition) is 3. The van der Waals surface area contributed by atoms with Crippen LogP contribution >= 0.6 is 11.6 Å². The fourth-order valence-corrected chi connectivity index (χ4v) is 2.25. The second-order valence-electron chi connectivity index (χ2n) is 4.77. The Labute approximate surface area is 123 Å². The number of amides is 1. The monoisotopic (exact) mass is 292 g/mol.